The Morgan fingerprint density at radius 1 is 1.33 bits per heavy atom. The van der Waals surface area contributed by atoms with Crippen molar-refractivity contribution in [3.05, 3.63) is 42.1 Å². The Bertz CT molecular complexity index is 594. The average Bonchev–Trinajstić information content (AvgIpc) is 2.97. The third-order valence-electron chi connectivity index (χ3n) is 3.90. The van der Waals surface area contributed by atoms with Crippen LogP contribution in [0.1, 0.15) is 25.7 Å². The van der Waals surface area contributed by atoms with Gasteiger partial charge < -0.3 is 9.72 Å². The van der Waals surface area contributed by atoms with Crippen LogP contribution in [0.15, 0.2) is 30.5 Å². The molecule has 1 aliphatic heterocycles. The van der Waals surface area contributed by atoms with Gasteiger partial charge in [0, 0.05) is 12.6 Å². The van der Waals surface area contributed by atoms with Crippen molar-refractivity contribution < 1.29 is 9.13 Å². The summed E-state index contributed by atoms with van der Waals surface area (Å²) in [6.07, 6.45) is 1.80. The Morgan fingerprint density at radius 2 is 2.10 bits per heavy atom. The van der Waals surface area contributed by atoms with Crippen LogP contribution in [-0.4, -0.2) is 40.7 Å². The number of H-pyrrole nitrogens is 1. The summed E-state index contributed by atoms with van der Waals surface area (Å²) in [6.45, 7) is 6.69. The van der Waals surface area contributed by atoms with Gasteiger partial charge in [-0.25, -0.2) is 9.37 Å². The van der Waals surface area contributed by atoms with Gasteiger partial charge in [0.1, 0.15) is 11.6 Å². The van der Waals surface area contributed by atoms with Gasteiger partial charge in [-0.3, -0.25) is 4.90 Å². The molecule has 1 unspecified atom stereocenters. The van der Waals surface area contributed by atoms with Crippen LogP contribution in [0.5, 0.6) is 0 Å². The fraction of sp³-hybridized carbons (Fsp3) is 0.438. The summed E-state index contributed by atoms with van der Waals surface area (Å²) < 4.78 is 18.6. The summed E-state index contributed by atoms with van der Waals surface area (Å²) in [6, 6.07) is 7.01. The van der Waals surface area contributed by atoms with E-state index in [1.54, 1.807) is 18.3 Å². The fourth-order valence-corrected chi connectivity index (χ4v) is 2.75. The number of ether oxygens (including phenoxy) is 1. The third-order valence-corrected chi connectivity index (χ3v) is 3.90. The van der Waals surface area contributed by atoms with E-state index in [0.717, 1.165) is 30.2 Å². The number of hydrogen-bond donors (Lipinski definition) is 1. The predicted molar refractivity (Wildman–Crippen MR) is 79.4 cm³/mol. The molecule has 2 heterocycles. The molecule has 2 aromatic rings. The van der Waals surface area contributed by atoms with E-state index < -0.39 is 0 Å². The van der Waals surface area contributed by atoms with E-state index in [1.807, 2.05) is 0 Å². The highest BCUT2D eigenvalue weighted by Gasteiger charge is 2.28. The number of nitrogens with zero attached hydrogens (tertiary/aromatic N) is 2. The average molecular weight is 289 g/mol. The van der Waals surface area contributed by atoms with Crippen molar-refractivity contribution in [3.8, 4) is 11.3 Å². The van der Waals surface area contributed by atoms with E-state index >= 15 is 0 Å². The van der Waals surface area contributed by atoms with E-state index in [0.29, 0.717) is 12.6 Å². The second kappa shape index (κ2) is 5.95. The smallest absolute Gasteiger partial charge is 0.126 e. The fourth-order valence-electron chi connectivity index (χ4n) is 2.75. The molecule has 3 rings (SSSR count). The first kappa shape index (κ1) is 14.2. The minimum atomic E-state index is -0.231. The lowest BCUT2D eigenvalue weighted by Gasteiger charge is -2.37. The number of halogens is 1. The van der Waals surface area contributed by atoms with Crippen molar-refractivity contribution in [2.75, 3.05) is 19.8 Å². The van der Waals surface area contributed by atoms with Gasteiger partial charge in [0.15, 0.2) is 0 Å². The number of morpholine rings is 1. The number of hydrogen-bond acceptors (Lipinski definition) is 3. The van der Waals surface area contributed by atoms with Gasteiger partial charge >= 0.3 is 0 Å². The van der Waals surface area contributed by atoms with Gasteiger partial charge in [0.05, 0.1) is 31.1 Å². The van der Waals surface area contributed by atoms with Gasteiger partial charge in [-0.05, 0) is 43.7 Å². The third kappa shape index (κ3) is 2.99. The molecular weight excluding hydrogens is 269 g/mol. The van der Waals surface area contributed by atoms with Crippen LogP contribution in [0.25, 0.3) is 11.3 Å². The number of aromatic amines is 1. The van der Waals surface area contributed by atoms with Crippen LogP contribution in [0, 0.1) is 5.82 Å². The van der Waals surface area contributed by atoms with E-state index in [1.165, 1.54) is 12.1 Å². The Balaban J connectivity index is 1.85. The quantitative estimate of drug-likeness (QED) is 0.944. The molecule has 4 nitrogen and oxygen atoms in total. The second-order valence-corrected chi connectivity index (χ2v) is 5.61. The molecular formula is C16H20FN3O. The predicted octanol–water partition coefficient (Wildman–Crippen LogP) is 3.00. The molecule has 0 saturated carbocycles. The molecule has 1 saturated heterocycles. The van der Waals surface area contributed by atoms with E-state index in [4.69, 9.17) is 4.74 Å². The lowest BCUT2D eigenvalue weighted by atomic mass is 10.1. The number of nitrogens with one attached hydrogen (secondary N) is 1. The highest BCUT2D eigenvalue weighted by Crippen LogP contribution is 2.26. The molecule has 1 atom stereocenters. The summed E-state index contributed by atoms with van der Waals surface area (Å²) in [7, 11) is 0. The zero-order valence-corrected chi connectivity index (χ0v) is 12.3. The molecule has 1 aromatic carbocycles. The molecule has 1 N–H and O–H groups in total. The molecule has 1 aromatic heterocycles. The van der Waals surface area contributed by atoms with Crippen molar-refractivity contribution in [1.29, 1.82) is 0 Å². The van der Waals surface area contributed by atoms with E-state index in [-0.39, 0.29) is 11.9 Å². The molecule has 5 heteroatoms. The van der Waals surface area contributed by atoms with Crippen LogP contribution in [-0.2, 0) is 4.74 Å². The number of imidazole rings is 1. The number of benzene rings is 1. The van der Waals surface area contributed by atoms with Gasteiger partial charge in [0.25, 0.3) is 0 Å². The van der Waals surface area contributed by atoms with Crippen molar-refractivity contribution >= 4 is 0 Å². The summed E-state index contributed by atoms with van der Waals surface area (Å²) in [5, 5.41) is 0. The molecule has 0 amide bonds. The van der Waals surface area contributed by atoms with Crippen LogP contribution in [0.2, 0.25) is 0 Å². The molecule has 1 fully saturated rings. The van der Waals surface area contributed by atoms with Gasteiger partial charge in [-0.15, -0.1) is 0 Å². The molecule has 1 aliphatic rings. The van der Waals surface area contributed by atoms with Crippen molar-refractivity contribution in [3.63, 3.8) is 0 Å². The maximum atomic E-state index is 13.0. The SMILES string of the molecule is CC(C)N1CCOCC1c1ncc(-c2ccc(F)cc2)[nH]1. The topological polar surface area (TPSA) is 41.1 Å². The van der Waals surface area contributed by atoms with E-state index in [9.17, 15) is 4.39 Å². The summed E-state index contributed by atoms with van der Waals surface area (Å²) >= 11 is 0. The normalized spacial score (nSPS) is 20.1. The maximum absolute atomic E-state index is 13.0. The second-order valence-electron chi connectivity index (χ2n) is 5.61. The Kier molecular flexibility index (Phi) is 4.03. The van der Waals surface area contributed by atoms with Crippen LogP contribution in [0.4, 0.5) is 4.39 Å². The first-order valence-electron chi connectivity index (χ1n) is 7.29. The zero-order valence-electron chi connectivity index (χ0n) is 12.3. The number of aromatic nitrogens is 2. The van der Waals surface area contributed by atoms with Crippen molar-refractivity contribution in [2.45, 2.75) is 25.9 Å². The molecule has 0 aliphatic carbocycles. The standard InChI is InChI=1S/C16H20FN3O/c1-11(2)20-7-8-21-10-15(20)16-18-9-14(19-16)12-3-5-13(17)6-4-12/h3-6,9,11,15H,7-8,10H2,1-2H3,(H,18,19). The van der Waals surface area contributed by atoms with Crippen LogP contribution >= 0.6 is 0 Å². The summed E-state index contributed by atoms with van der Waals surface area (Å²) in [4.78, 5) is 10.2. The molecule has 112 valence electrons. The van der Waals surface area contributed by atoms with E-state index in [2.05, 4.69) is 28.7 Å². The lowest BCUT2D eigenvalue weighted by molar-refractivity contribution is -0.0262. The molecule has 0 radical (unpaired) electrons. The van der Waals surface area contributed by atoms with Gasteiger partial charge in [0.2, 0.25) is 0 Å². The monoisotopic (exact) mass is 289 g/mol. The maximum Gasteiger partial charge on any atom is 0.126 e. The largest absolute Gasteiger partial charge is 0.378 e. The first-order chi connectivity index (χ1) is 10.1. The molecule has 0 spiro atoms. The summed E-state index contributed by atoms with van der Waals surface area (Å²) in [5.41, 5.74) is 1.84. The molecule has 0 bridgehead atoms. The van der Waals surface area contributed by atoms with Crippen LogP contribution < -0.4 is 0 Å². The highest BCUT2D eigenvalue weighted by molar-refractivity contribution is 5.58. The Hall–Kier alpha value is -1.72. The van der Waals surface area contributed by atoms with Crippen LogP contribution in [0.3, 0.4) is 0 Å². The highest BCUT2D eigenvalue weighted by atomic mass is 19.1. The molecule has 21 heavy (non-hydrogen) atoms. The lowest BCUT2D eigenvalue weighted by Crippen LogP contribution is -2.43. The Morgan fingerprint density at radius 3 is 2.81 bits per heavy atom. The van der Waals surface area contributed by atoms with Gasteiger partial charge in [-0.1, -0.05) is 0 Å². The van der Waals surface area contributed by atoms with Crippen molar-refractivity contribution in [1.82, 2.24) is 14.9 Å². The Labute approximate surface area is 124 Å². The number of rotatable bonds is 3. The minimum Gasteiger partial charge on any atom is -0.378 e. The summed E-state index contributed by atoms with van der Waals surface area (Å²) in [5.74, 6) is 0.674. The van der Waals surface area contributed by atoms with Crippen molar-refractivity contribution in [2.24, 2.45) is 0 Å². The zero-order chi connectivity index (χ0) is 14.8. The van der Waals surface area contributed by atoms with Gasteiger partial charge in [-0.2, -0.15) is 0 Å². The first-order valence-corrected chi connectivity index (χ1v) is 7.29. The minimum absolute atomic E-state index is 0.146.